The van der Waals surface area contributed by atoms with Crippen LogP contribution in [-0.4, -0.2) is 23.9 Å². The van der Waals surface area contributed by atoms with Crippen molar-refractivity contribution in [2.75, 3.05) is 13.1 Å². The molecule has 0 atom stereocenters. The average molecular weight is 334 g/mol. The van der Waals surface area contributed by atoms with Crippen molar-refractivity contribution in [1.82, 2.24) is 4.90 Å². The first kappa shape index (κ1) is 15.6. The van der Waals surface area contributed by atoms with E-state index >= 15 is 0 Å². The lowest BCUT2D eigenvalue weighted by molar-refractivity contribution is -0.138. The van der Waals surface area contributed by atoms with Crippen LogP contribution in [0.15, 0.2) is 22.7 Å². The maximum absolute atomic E-state index is 12.9. The van der Waals surface area contributed by atoms with Gasteiger partial charge in [-0.05, 0) is 25.1 Å². The molecule has 0 N–H and O–H groups in total. The largest absolute Gasteiger partial charge is 0.417 e. The van der Waals surface area contributed by atoms with Gasteiger partial charge in [-0.1, -0.05) is 21.9 Å². The normalized spacial score (nSPS) is 10.9. The Morgan fingerprint density at radius 2 is 2.11 bits per heavy atom. The Hall–Kier alpha value is -1.48. The Bertz CT molecular complexity index is 520. The molecule has 0 aliphatic rings. The lowest BCUT2D eigenvalue weighted by Crippen LogP contribution is -2.32. The van der Waals surface area contributed by atoms with Crippen molar-refractivity contribution < 1.29 is 18.0 Å². The number of amides is 1. The number of carbonyl (C=O) groups excluding carboxylic acids is 1. The molecule has 0 aromatic heterocycles. The minimum absolute atomic E-state index is 0.0251. The summed E-state index contributed by atoms with van der Waals surface area (Å²) in [5, 5.41) is 0. The summed E-state index contributed by atoms with van der Waals surface area (Å²) in [5.74, 6) is 1.53. The molecule has 2 nitrogen and oxygen atoms in total. The first-order valence-corrected chi connectivity index (χ1v) is 6.20. The fourth-order valence-corrected chi connectivity index (χ4v) is 1.91. The highest BCUT2D eigenvalue weighted by Gasteiger charge is 2.36. The molecule has 1 amide bonds. The highest BCUT2D eigenvalue weighted by atomic mass is 79.9. The van der Waals surface area contributed by atoms with Gasteiger partial charge in [0.2, 0.25) is 0 Å². The van der Waals surface area contributed by atoms with Crippen molar-refractivity contribution in [1.29, 1.82) is 0 Å². The zero-order valence-corrected chi connectivity index (χ0v) is 11.7. The van der Waals surface area contributed by atoms with Crippen LogP contribution in [0.1, 0.15) is 22.8 Å². The molecule has 0 saturated heterocycles. The number of halogens is 4. The van der Waals surface area contributed by atoms with Crippen molar-refractivity contribution in [3.63, 3.8) is 0 Å². The molecular formula is C13H11BrF3NO. The number of benzene rings is 1. The van der Waals surface area contributed by atoms with E-state index in [9.17, 15) is 18.0 Å². The molecule has 6 heteroatoms. The Morgan fingerprint density at radius 1 is 1.47 bits per heavy atom. The third-order valence-corrected chi connectivity index (χ3v) is 2.96. The molecular weight excluding hydrogens is 323 g/mol. The van der Waals surface area contributed by atoms with Crippen molar-refractivity contribution in [3.8, 4) is 12.3 Å². The molecule has 1 aromatic carbocycles. The number of hydrogen-bond acceptors (Lipinski definition) is 1. The quantitative estimate of drug-likeness (QED) is 0.774. The molecule has 1 rings (SSSR count). The minimum atomic E-state index is -4.59. The molecule has 0 saturated carbocycles. The summed E-state index contributed by atoms with van der Waals surface area (Å²) >= 11 is 2.97. The average Bonchev–Trinajstić information content (AvgIpc) is 2.34. The summed E-state index contributed by atoms with van der Waals surface area (Å²) in [6.45, 7) is 1.88. The second kappa shape index (κ2) is 6.11. The molecule has 1 aromatic rings. The van der Waals surface area contributed by atoms with E-state index in [0.29, 0.717) is 0 Å². The van der Waals surface area contributed by atoms with Crippen LogP contribution in [0, 0.1) is 12.3 Å². The summed E-state index contributed by atoms with van der Waals surface area (Å²) in [7, 11) is 0. The fraction of sp³-hybridized carbons (Fsp3) is 0.308. The van der Waals surface area contributed by atoms with Crippen LogP contribution >= 0.6 is 15.9 Å². The van der Waals surface area contributed by atoms with Crippen LogP contribution in [-0.2, 0) is 6.18 Å². The van der Waals surface area contributed by atoms with Crippen LogP contribution in [0.2, 0.25) is 0 Å². The topological polar surface area (TPSA) is 20.3 Å². The minimum Gasteiger partial charge on any atom is -0.328 e. The van der Waals surface area contributed by atoms with Gasteiger partial charge in [0, 0.05) is 11.0 Å². The van der Waals surface area contributed by atoms with Gasteiger partial charge >= 0.3 is 6.18 Å². The van der Waals surface area contributed by atoms with E-state index in [4.69, 9.17) is 6.42 Å². The Morgan fingerprint density at radius 3 is 2.58 bits per heavy atom. The summed E-state index contributed by atoms with van der Waals surface area (Å²) < 4.78 is 39.0. The molecule has 0 spiro atoms. The zero-order valence-electron chi connectivity index (χ0n) is 10.1. The fourth-order valence-electron chi connectivity index (χ4n) is 1.55. The van der Waals surface area contributed by atoms with Crippen LogP contribution in [0.3, 0.4) is 0 Å². The van der Waals surface area contributed by atoms with E-state index in [1.54, 1.807) is 6.92 Å². The first-order valence-electron chi connectivity index (χ1n) is 5.40. The Labute approximate surface area is 117 Å². The van der Waals surface area contributed by atoms with E-state index in [2.05, 4.69) is 21.9 Å². The van der Waals surface area contributed by atoms with E-state index in [0.717, 1.165) is 12.1 Å². The number of alkyl halides is 3. The van der Waals surface area contributed by atoms with Gasteiger partial charge in [-0.15, -0.1) is 6.42 Å². The lowest BCUT2D eigenvalue weighted by Gasteiger charge is -2.20. The van der Waals surface area contributed by atoms with E-state index in [-0.39, 0.29) is 17.6 Å². The second-order valence-electron chi connectivity index (χ2n) is 3.71. The number of hydrogen-bond donors (Lipinski definition) is 0. The first-order chi connectivity index (χ1) is 8.81. The van der Waals surface area contributed by atoms with Gasteiger partial charge in [-0.2, -0.15) is 13.2 Å². The predicted molar refractivity (Wildman–Crippen MR) is 69.6 cm³/mol. The molecule has 0 aliphatic carbocycles. The number of carbonyl (C=O) groups is 1. The van der Waals surface area contributed by atoms with Crippen molar-refractivity contribution >= 4 is 21.8 Å². The molecule has 0 bridgehead atoms. The third kappa shape index (κ3) is 3.74. The van der Waals surface area contributed by atoms with E-state index in [1.165, 1.54) is 11.0 Å². The summed E-state index contributed by atoms with van der Waals surface area (Å²) in [6, 6.07) is 3.43. The van der Waals surface area contributed by atoms with E-state index in [1.807, 2.05) is 0 Å². The summed E-state index contributed by atoms with van der Waals surface area (Å²) in [5.41, 5.74) is -1.37. The number of rotatable bonds is 3. The van der Waals surface area contributed by atoms with Gasteiger partial charge in [-0.25, -0.2) is 0 Å². The van der Waals surface area contributed by atoms with Gasteiger partial charge in [0.05, 0.1) is 17.7 Å². The molecule has 0 fully saturated rings. The van der Waals surface area contributed by atoms with Gasteiger partial charge in [0.25, 0.3) is 5.91 Å². The smallest absolute Gasteiger partial charge is 0.328 e. The third-order valence-electron chi connectivity index (χ3n) is 2.47. The monoisotopic (exact) mass is 333 g/mol. The SMILES string of the molecule is C#CCN(CC)C(=O)c1ccc(Br)cc1C(F)(F)F. The van der Waals surface area contributed by atoms with E-state index < -0.39 is 23.2 Å². The van der Waals surface area contributed by atoms with Crippen LogP contribution in [0.5, 0.6) is 0 Å². The van der Waals surface area contributed by atoms with Gasteiger partial charge < -0.3 is 4.90 Å². The van der Waals surface area contributed by atoms with Crippen molar-refractivity contribution in [2.45, 2.75) is 13.1 Å². The maximum atomic E-state index is 12.9. The van der Waals surface area contributed by atoms with Crippen molar-refractivity contribution in [2.24, 2.45) is 0 Å². The second-order valence-corrected chi connectivity index (χ2v) is 4.63. The predicted octanol–water partition coefficient (Wildman–Crippen LogP) is 3.56. The molecule has 0 unspecified atom stereocenters. The lowest BCUT2D eigenvalue weighted by atomic mass is 10.1. The van der Waals surface area contributed by atoms with Gasteiger partial charge in [0.1, 0.15) is 0 Å². The van der Waals surface area contributed by atoms with Gasteiger partial charge in [0.15, 0.2) is 0 Å². The number of nitrogens with zero attached hydrogens (tertiary/aromatic N) is 1. The summed E-state index contributed by atoms with van der Waals surface area (Å²) in [6.07, 6.45) is 0.502. The highest BCUT2D eigenvalue weighted by Crippen LogP contribution is 2.34. The molecule has 0 aliphatic heterocycles. The highest BCUT2D eigenvalue weighted by molar-refractivity contribution is 9.10. The maximum Gasteiger partial charge on any atom is 0.417 e. The van der Waals surface area contributed by atoms with Crippen LogP contribution in [0.4, 0.5) is 13.2 Å². The van der Waals surface area contributed by atoms with Gasteiger partial charge in [-0.3, -0.25) is 4.79 Å². The molecule has 19 heavy (non-hydrogen) atoms. The molecule has 0 radical (unpaired) electrons. The summed E-state index contributed by atoms with van der Waals surface area (Å²) in [4.78, 5) is 13.2. The zero-order chi connectivity index (χ0) is 14.6. The molecule has 102 valence electrons. The molecule has 0 heterocycles. The van der Waals surface area contributed by atoms with Crippen LogP contribution in [0.25, 0.3) is 0 Å². The Balaban J connectivity index is 3.27. The standard InChI is InChI=1S/C13H11BrF3NO/c1-3-7-18(4-2)12(19)10-6-5-9(14)8-11(10)13(15,16)17/h1,5-6,8H,4,7H2,2H3. The van der Waals surface area contributed by atoms with Crippen molar-refractivity contribution in [3.05, 3.63) is 33.8 Å². The number of terminal acetylenes is 1. The van der Waals surface area contributed by atoms with Crippen LogP contribution < -0.4 is 0 Å². The Kier molecular flexibility index (Phi) is 5.01.